The molecule has 3 atom stereocenters. The van der Waals surface area contributed by atoms with E-state index in [9.17, 15) is 0 Å². The van der Waals surface area contributed by atoms with E-state index in [0.29, 0.717) is 0 Å². The summed E-state index contributed by atoms with van der Waals surface area (Å²) < 4.78 is 0. The molecular weight excluding hydrogens is 208 g/mol. The average molecular weight is 232 g/mol. The fourth-order valence-electron chi connectivity index (χ4n) is 2.24. The van der Waals surface area contributed by atoms with Gasteiger partial charge in [0.25, 0.3) is 0 Å². The summed E-state index contributed by atoms with van der Waals surface area (Å²) in [5.41, 5.74) is 7.49. The van der Waals surface area contributed by atoms with Crippen LogP contribution in [0.15, 0.2) is 30.3 Å². The molecule has 3 N–H and O–H groups in total. The van der Waals surface area contributed by atoms with Crippen molar-refractivity contribution in [3.8, 4) is 0 Å². The third-order valence-corrected chi connectivity index (χ3v) is 3.74. The lowest BCUT2D eigenvalue weighted by molar-refractivity contribution is 0.524. The van der Waals surface area contributed by atoms with Crippen molar-refractivity contribution in [1.29, 1.82) is 0 Å². The van der Waals surface area contributed by atoms with Crippen molar-refractivity contribution in [1.82, 2.24) is 5.32 Å². The van der Waals surface area contributed by atoms with Crippen LogP contribution in [0.2, 0.25) is 0 Å². The van der Waals surface area contributed by atoms with E-state index in [0.717, 1.165) is 37.8 Å². The molecule has 0 heterocycles. The summed E-state index contributed by atoms with van der Waals surface area (Å²) in [4.78, 5) is 0. The molecule has 1 aliphatic rings. The monoisotopic (exact) mass is 232 g/mol. The molecule has 1 saturated carbocycles. The van der Waals surface area contributed by atoms with E-state index in [2.05, 4.69) is 42.6 Å². The minimum Gasteiger partial charge on any atom is -0.327 e. The Morgan fingerprint density at radius 1 is 1.35 bits per heavy atom. The van der Waals surface area contributed by atoms with Gasteiger partial charge in [-0.15, -0.1) is 0 Å². The molecule has 1 fully saturated rings. The van der Waals surface area contributed by atoms with Crippen LogP contribution in [0.25, 0.3) is 0 Å². The quantitative estimate of drug-likeness (QED) is 0.756. The summed E-state index contributed by atoms with van der Waals surface area (Å²) in [6, 6.07) is 10.9. The standard InChI is InChI=1S/C15H24N2/c1-12-9-14(12)10-17-11-15(16)8-7-13-5-3-2-4-6-13/h2-6,12,14-15,17H,7-11,16H2,1H3. The molecule has 0 aromatic heterocycles. The normalized spacial score (nSPS) is 24.6. The largest absolute Gasteiger partial charge is 0.327 e. The molecule has 1 aliphatic carbocycles. The summed E-state index contributed by atoms with van der Waals surface area (Å²) in [5, 5.41) is 3.49. The van der Waals surface area contributed by atoms with Crippen molar-refractivity contribution in [2.45, 2.75) is 32.2 Å². The number of hydrogen-bond acceptors (Lipinski definition) is 2. The van der Waals surface area contributed by atoms with Crippen LogP contribution in [0, 0.1) is 11.8 Å². The zero-order chi connectivity index (χ0) is 12.1. The number of nitrogens with two attached hydrogens (primary N) is 1. The lowest BCUT2D eigenvalue weighted by atomic mass is 10.1. The Bertz CT molecular complexity index is 323. The molecule has 2 nitrogen and oxygen atoms in total. The van der Waals surface area contributed by atoms with E-state index in [-0.39, 0.29) is 6.04 Å². The van der Waals surface area contributed by atoms with Crippen molar-refractivity contribution < 1.29 is 0 Å². The Kier molecular flexibility index (Phi) is 4.57. The third kappa shape index (κ3) is 4.49. The Labute approximate surface area is 105 Å². The molecule has 0 bridgehead atoms. The van der Waals surface area contributed by atoms with Crippen molar-refractivity contribution in [3.05, 3.63) is 35.9 Å². The predicted octanol–water partition coefficient (Wildman–Crippen LogP) is 2.19. The van der Waals surface area contributed by atoms with E-state index < -0.39 is 0 Å². The number of benzene rings is 1. The highest BCUT2D eigenvalue weighted by atomic mass is 14.9. The molecule has 0 saturated heterocycles. The van der Waals surface area contributed by atoms with Gasteiger partial charge in [0.15, 0.2) is 0 Å². The second-order valence-electron chi connectivity index (χ2n) is 5.42. The van der Waals surface area contributed by atoms with Gasteiger partial charge < -0.3 is 11.1 Å². The first-order valence-electron chi connectivity index (χ1n) is 6.76. The van der Waals surface area contributed by atoms with E-state index in [1.54, 1.807) is 0 Å². The summed E-state index contributed by atoms with van der Waals surface area (Å²) in [6.07, 6.45) is 3.55. The van der Waals surface area contributed by atoms with Gasteiger partial charge in [-0.1, -0.05) is 37.3 Å². The molecule has 1 aromatic carbocycles. The van der Waals surface area contributed by atoms with E-state index >= 15 is 0 Å². The molecule has 1 aromatic rings. The minimum absolute atomic E-state index is 0.282. The van der Waals surface area contributed by atoms with E-state index in [1.165, 1.54) is 12.0 Å². The maximum atomic E-state index is 6.10. The minimum atomic E-state index is 0.282. The van der Waals surface area contributed by atoms with Crippen molar-refractivity contribution >= 4 is 0 Å². The number of rotatable bonds is 7. The van der Waals surface area contributed by atoms with Gasteiger partial charge in [0, 0.05) is 12.6 Å². The van der Waals surface area contributed by atoms with Gasteiger partial charge in [-0.2, -0.15) is 0 Å². The molecule has 0 spiro atoms. The molecule has 94 valence electrons. The van der Waals surface area contributed by atoms with E-state index in [4.69, 9.17) is 5.73 Å². The summed E-state index contributed by atoms with van der Waals surface area (Å²) in [7, 11) is 0. The van der Waals surface area contributed by atoms with Crippen LogP contribution in [0.1, 0.15) is 25.3 Å². The van der Waals surface area contributed by atoms with Gasteiger partial charge in [-0.25, -0.2) is 0 Å². The van der Waals surface area contributed by atoms with Gasteiger partial charge in [0.05, 0.1) is 0 Å². The Morgan fingerprint density at radius 3 is 2.71 bits per heavy atom. The lowest BCUT2D eigenvalue weighted by Crippen LogP contribution is -2.35. The highest BCUT2D eigenvalue weighted by Crippen LogP contribution is 2.36. The molecule has 17 heavy (non-hydrogen) atoms. The summed E-state index contributed by atoms with van der Waals surface area (Å²) in [5.74, 6) is 1.85. The number of nitrogens with one attached hydrogen (secondary N) is 1. The van der Waals surface area contributed by atoms with E-state index in [1.807, 2.05) is 0 Å². The van der Waals surface area contributed by atoms with Crippen LogP contribution in [-0.2, 0) is 6.42 Å². The maximum absolute atomic E-state index is 6.10. The summed E-state index contributed by atoms with van der Waals surface area (Å²) in [6.45, 7) is 4.43. The molecular formula is C15H24N2. The molecule has 0 aliphatic heterocycles. The first-order valence-corrected chi connectivity index (χ1v) is 6.76. The predicted molar refractivity (Wildman–Crippen MR) is 72.9 cm³/mol. The van der Waals surface area contributed by atoms with Crippen LogP contribution in [0.3, 0.4) is 0 Å². The van der Waals surface area contributed by atoms with Gasteiger partial charge in [-0.05, 0) is 43.2 Å². The maximum Gasteiger partial charge on any atom is 0.0168 e. The molecule has 2 heteroatoms. The Hall–Kier alpha value is -0.860. The Morgan fingerprint density at radius 2 is 2.06 bits per heavy atom. The molecule has 2 rings (SSSR count). The van der Waals surface area contributed by atoms with Crippen LogP contribution < -0.4 is 11.1 Å². The van der Waals surface area contributed by atoms with Gasteiger partial charge in [0.2, 0.25) is 0 Å². The highest BCUT2D eigenvalue weighted by Gasteiger charge is 2.31. The smallest absolute Gasteiger partial charge is 0.0168 e. The third-order valence-electron chi connectivity index (χ3n) is 3.74. The topological polar surface area (TPSA) is 38.0 Å². The van der Waals surface area contributed by atoms with Gasteiger partial charge >= 0.3 is 0 Å². The second-order valence-corrected chi connectivity index (χ2v) is 5.42. The molecule has 3 unspecified atom stereocenters. The van der Waals surface area contributed by atoms with Crippen LogP contribution in [0.4, 0.5) is 0 Å². The van der Waals surface area contributed by atoms with Crippen molar-refractivity contribution in [2.24, 2.45) is 17.6 Å². The summed E-state index contributed by atoms with van der Waals surface area (Å²) >= 11 is 0. The number of aryl methyl sites for hydroxylation is 1. The fourth-order valence-corrected chi connectivity index (χ4v) is 2.24. The average Bonchev–Trinajstić information content (AvgIpc) is 3.04. The number of hydrogen-bond donors (Lipinski definition) is 2. The zero-order valence-electron chi connectivity index (χ0n) is 10.7. The SMILES string of the molecule is CC1CC1CNCC(N)CCc1ccccc1. The lowest BCUT2D eigenvalue weighted by Gasteiger charge is -2.12. The van der Waals surface area contributed by atoms with Crippen LogP contribution in [0.5, 0.6) is 0 Å². The first kappa shape index (κ1) is 12.6. The fraction of sp³-hybridized carbons (Fsp3) is 0.600. The van der Waals surface area contributed by atoms with Crippen LogP contribution in [-0.4, -0.2) is 19.1 Å². The van der Waals surface area contributed by atoms with Gasteiger partial charge in [-0.3, -0.25) is 0 Å². The molecule has 0 amide bonds. The second kappa shape index (κ2) is 6.18. The first-order chi connectivity index (χ1) is 8.25. The highest BCUT2D eigenvalue weighted by molar-refractivity contribution is 5.14. The Balaban J connectivity index is 1.56. The van der Waals surface area contributed by atoms with Crippen molar-refractivity contribution in [2.75, 3.05) is 13.1 Å². The zero-order valence-corrected chi connectivity index (χ0v) is 10.7. The molecule has 0 radical (unpaired) electrons. The van der Waals surface area contributed by atoms with Crippen LogP contribution >= 0.6 is 0 Å². The van der Waals surface area contributed by atoms with Gasteiger partial charge in [0.1, 0.15) is 0 Å². The van der Waals surface area contributed by atoms with Crippen molar-refractivity contribution in [3.63, 3.8) is 0 Å².